The fraction of sp³-hybridized carbons (Fsp3) is 0.300. The lowest BCUT2D eigenvalue weighted by atomic mass is 10.2. The Bertz CT molecular complexity index is 880. The molecule has 0 spiro atoms. The lowest BCUT2D eigenvalue weighted by Crippen LogP contribution is -2.37. The number of halogens is 1. The predicted octanol–water partition coefficient (Wildman–Crippen LogP) is 4.12. The standard InChI is InChI=1S/C20H22FN3OS2/c1-23(2)10-11-24(13-15-6-5-7-16(21)12-15)19(25)14-26-20-22-17-8-3-4-9-18(17)27-20/h3-9,12H,10-11,13-14H2,1-2H3. The number of nitrogens with zero attached hydrogens (tertiary/aromatic N) is 3. The number of rotatable bonds is 8. The van der Waals surface area contributed by atoms with Gasteiger partial charge in [0.05, 0.1) is 16.0 Å². The lowest BCUT2D eigenvalue weighted by Gasteiger charge is -2.24. The first kappa shape index (κ1) is 19.8. The SMILES string of the molecule is CN(C)CCN(Cc1cccc(F)c1)C(=O)CSc1nc2ccccc2s1. The highest BCUT2D eigenvalue weighted by molar-refractivity contribution is 8.01. The van der Waals surface area contributed by atoms with Gasteiger partial charge in [-0.15, -0.1) is 11.3 Å². The van der Waals surface area contributed by atoms with Crippen molar-refractivity contribution in [3.05, 3.63) is 59.9 Å². The fourth-order valence-corrected chi connectivity index (χ4v) is 4.57. The summed E-state index contributed by atoms with van der Waals surface area (Å²) in [5, 5.41) is 0. The Labute approximate surface area is 167 Å². The van der Waals surface area contributed by atoms with E-state index in [0.717, 1.165) is 26.7 Å². The average Bonchev–Trinajstić information content (AvgIpc) is 3.06. The summed E-state index contributed by atoms with van der Waals surface area (Å²) < 4.78 is 15.5. The number of likely N-dealkylation sites (N-methyl/N-ethyl adjacent to an activating group) is 1. The molecule has 0 saturated carbocycles. The monoisotopic (exact) mass is 403 g/mol. The molecule has 142 valence electrons. The largest absolute Gasteiger partial charge is 0.336 e. The summed E-state index contributed by atoms with van der Waals surface area (Å²) in [4.78, 5) is 21.2. The Morgan fingerprint density at radius 3 is 2.70 bits per heavy atom. The minimum Gasteiger partial charge on any atom is -0.336 e. The van der Waals surface area contributed by atoms with Gasteiger partial charge >= 0.3 is 0 Å². The van der Waals surface area contributed by atoms with E-state index in [-0.39, 0.29) is 11.7 Å². The summed E-state index contributed by atoms with van der Waals surface area (Å²) in [5.41, 5.74) is 1.76. The molecule has 0 aliphatic carbocycles. The van der Waals surface area contributed by atoms with Gasteiger partial charge in [0.25, 0.3) is 0 Å². The second-order valence-electron chi connectivity index (χ2n) is 6.48. The van der Waals surface area contributed by atoms with Crippen LogP contribution < -0.4 is 0 Å². The van der Waals surface area contributed by atoms with Crippen molar-refractivity contribution in [2.45, 2.75) is 10.9 Å². The molecule has 0 bridgehead atoms. The second-order valence-corrected chi connectivity index (χ2v) is 8.74. The van der Waals surface area contributed by atoms with Crippen LogP contribution >= 0.6 is 23.1 Å². The van der Waals surface area contributed by atoms with Gasteiger partial charge in [-0.3, -0.25) is 4.79 Å². The van der Waals surface area contributed by atoms with Crippen molar-refractivity contribution >= 4 is 39.2 Å². The highest BCUT2D eigenvalue weighted by Gasteiger charge is 2.16. The Kier molecular flexibility index (Phi) is 6.82. The van der Waals surface area contributed by atoms with Gasteiger partial charge in [0.15, 0.2) is 4.34 Å². The molecule has 0 radical (unpaired) electrons. The number of thioether (sulfide) groups is 1. The smallest absolute Gasteiger partial charge is 0.233 e. The van der Waals surface area contributed by atoms with Gasteiger partial charge in [0.1, 0.15) is 5.82 Å². The summed E-state index contributed by atoms with van der Waals surface area (Å²) in [5.74, 6) is 0.0736. The van der Waals surface area contributed by atoms with Crippen LogP contribution in [0.1, 0.15) is 5.56 Å². The fourth-order valence-electron chi connectivity index (χ4n) is 2.60. The molecule has 0 atom stereocenters. The van der Waals surface area contributed by atoms with Crippen molar-refractivity contribution in [3.8, 4) is 0 Å². The number of carbonyl (C=O) groups is 1. The topological polar surface area (TPSA) is 36.4 Å². The normalized spacial score (nSPS) is 11.3. The number of carbonyl (C=O) groups excluding carboxylic acids is 1. The number of amides is 1. The molecular weight excluding hydrogens is 381 g/mol. The van der Waals surface area contributed by atoms with Gasteiger partial charge in [-0.2, -0.15) is 0 Å². The number of thiazole rings is 1. The molecule has 0 aliphatic rings. The van der Waals surface area contributed by atoms with Gasteiger partial charge in [-0.25, -0.2) is 9.37 Å². The van der Waals surface area contributed by atoms with Crippen LogP contribution in [0.15, 0.2) is 52.9 Å². The summed E-state index contributed by atoms with van der Waals surface area (Å²) in [6.45, 7) is 1.76. The maximum Gasteiger partial charge on any atom is 0.233 e. The molecule has 0 unspecified atom stereocenters. The van der Waals surface area contributed by atoms with E-state index in [9.17, 15) is 9.18 Å². The number of hydrogen-bond donors (Lipinski definition) is 0. The Hall–Kier alpha value is -1.96. The summed E-state index contributed by atoms with van der Waals surface area (Å²) in [6, 6.07) is 14.4. The van der Waals surface area contributed by atoms with Crippen molar-refractivity contribution in [1.29, 1.82) is 0 Å². The summed E-state index contributed by atoms with van der Waals surface area (Å²) in [6.07, 6.45) is 0. The number of benzene rings is 2. The third-order valence-electron chi connectivity index (χ3n) is 4.03. The Morgan fingerprint density at radius 2 is 1.96 bits per heavy atom. The third-order valence-corrected chi connectivity index (χ3v) is 6.19. The first-order valence-electron chi connectivity index (χ1n) is 8.66. The van der Waals surface area contributed by atoms with E-state index < -0.39 is 0 Å². The van der Waals surface area contributed by atoms with Crippen LogP contribution in [0.5, 0.6) is 0 Å². The third kappa shape index (κ3) is 5.76. The van der Waals surface area contributed by atoms with Crippen LogP contribution in [-0.2, 0) is 11.3 Å². The van der Waals surface area contributed by atoms with Gasteiger partial charge in [-0.1, -0.05) is 36.0 Å². The lowest BCUT2D eigenvalue weighted by molar-refractivity contribution is -0.129. The van der Waals surface area contributed by atoms with Crippen LogP contribution in [0.2, 0.25) is 0 Å². The number of fused-ring (bicyclic) bond motifs is 1. The van der Waals surface area contributed by atoms with Crippen molar-refractivity contribution in [2.24, 2.45) is 0 Å². The Balaban J connectivity index is 1.65. The average molecular weight is 404 g/mol. The molecule has 0 fully saturated rings. The second kappa shape index (κ2) is 9.30. The van der Waals surface area contributed by atoms with Crippen LogP contribution in [0, 0.1) is 5.82 Å². The minimum atomic E-state index is -0.281. The summed E-state index contributed by atoms with van der Waals surface area (Å²) in [7, 11) is 3.95. The zero-order chi connectivity index (χ0) is 19.2. The molecule has 1 heterocycles. The quantitative estimate of drug-likeness (QED) is 0.530. The van der Waals surface area contributed by atoms with E-state index in [1.54, 1.807) is 22.3 Å². The minimum absolute atomic E-state index is 0.0327. The molecule has 4 nitrogen and oxygen atoms in total. The zero-order valence-corrected chi connectivity index (χ0v) is 17.0. The molecule has 3 aromatic rings. The predicted molar refractivity (Wildman–Crippen MR) is 111 cm³/mol. The molecule has 27 heavy (non-hydrogen) atoms. The van der Waals surface area contributed by atoms with E-state index >= 15 is 0 Å². The number of hydrogen-bond acceptors (Lipinski definition) is 5. The summed E-state index contributed by atoms with van der Waals surface area (Å²) >= 11 is 3.06. The first-order chi connectivity index (χ1) is 13.0. The highest BCUT2D eigenvalue weighted by Crippen LogP contribution is 2.29. The maximum absolute atomic E-state index is 13.5. The van der Waals surface area contributed by atoms with E-state index in [4.69, 9.17) is 0 Å². The van der Waals surface area contributed by atoms with Gasteiger partial charge in [0.2, 0.25) is 5.91 Å². The van der Waals surface area contributed by atoms with E-state index in [0.29, 0.717) is 18.8 Å². The maximum atomic E-state index is 13.5. The molecule has 1 amide bonds. The molecular formula is C20H22FN3OS2. The van der Waals surface area contributed by atoms with Crippen molar-refractivity contribution < 1.29 is 9.18 Å². The molecule has 1 aromatic heterocycles. The van der Waals surface area contributed by atoms with Crippen LogP contribution in [0.25, 0.3) is 10.2 Å². The number of aromatic nitrogens is 1. The molecule has 7 heteroatoms. The molecule has 0 aliphatic heterocycles. The van der Waals surface area contributed by atoms with Crippen LogP contribution in [0.3, 0.4) is 0 Å². The molecule has 2 aromatic carbocycles. The van der Waals surface area contributed by atoms with Gasteiger partial charge in [0, 0.05) is 19.6 Å². The van der Waals surface area contributed by atoms with Crippen LogP contribution in [-0.4, -0.2) is 53.6 Å². The molecule has 0 saturated heterocycles. The first-order valence-corrected chi connectivity index (χ1v) is 10.5. The van der Waals surface area contributed by atoms with E-state index in [1.165, 1.54) is 23.9 Å². The molecule has 3 rings (SSSR count). The van der Waals surface area contributed by atoms with E-state index in [1.807, 2.05) is 49.3 Å². The van der Waals surface area contributed by atoms with Crippen molar-refractivity contribution in [3.63, 3.8) is 0 Å². The van der Waals surface area contributed by atoms with Gasteiger partial charge < -0.3 is 9.80 Å². The van der Waals surface area contributed by atoms with E-state index in [2.05, 4.69) is 4.98 Å². The van der Waals surface area contributed by atoms with Crippen molar-refractivity contribution in [2.75, 3.05) is 32.9 Å². The zero-order valence-electron chi connectivity index (χ0n) is 15.4. The number of para-hydroxylation sites is 1. The highest BCUT2D eigenvalue weighted by atomic mass is 32.2. The molecule has 0 N–H and O–H groups in total. The Morgan fingerprint density at radius 1 is 1.15 bits per heavy atom. The van der Waals surface area contributed by atoms with Crippen LogP contribution in [0.4, 0.5) is 4.39 Å². The van der Waals surface area contributed by atoms with Crippen molar-refractivity contribution in [1.82, 2.24) is 14.8 Å². The van der Waals surface area contributed by atoms with Gasteiger partial charge in [-0.05, 0) is 43.9 Å².